The molecule has 1 aromatic rings. The summed E-state index contributed by atoms with van der Waals surface area (Å²) >= 11 is 6.03. The van der Waals surface area contributed by atoms with Crippen molar-refractivity contribution >= 4 is 11.6 Å². The summed E-state index contributed by atoms with van der Waals surface area (Å²) in [6.07, 6.45) is 5.24. The Balaban J connectivity index is 1.97. The third-order valence-electron chi connectivity index (χ3n) is 3.61. The van der Waals surface area contributed by atoms with Gasteiger partial charge in [-0.05, 0) is 49.1 Å². The maximum atomic E-state index is 9.09. The fourth-order valence-corrected chi connectivity index (χ4v) is 2.84. The van der Waals surface area contributed by atoms with E-state index in [1.807, 2.05) is 12.1 Å². The number of aliphatic hydroxyl groups excluding tert-OH is 1. The SMILES string of the molecule is Cc1cc(Cl)cc(C)c1CN[C@@H]1C=C[C@H](CO)C1. The van der Waals surface area contributed by atoms with E-state index in [1.165, 1.54) is 16.7 Å². The molecule has 0 amide bonds. The van der Waals surface area contributed by atoms with Crippen molar-refractivity contribution in [3.05, 3.63) is 46.0 Å². The largest absolute Gasteiger partial charge is 0.396 e. The molecule has 0 bridgehead atoms. The van der Waals surface area contributed by atoms with Gasteiger partial charge >= 0.3 is 0 Å². The molecule has 98 valence electrons. The first-order valence-electron chi connectivity index (χ1n) is 6.38. The molecular weight excluding hydrogens is 246 g/mol. The molecule has 0 fully saturated rings. The summed E-state index contributed by atoms with van der Waals surface area (Å²) < 4.78 is 0. The molecule has 0 aromatic heterocycles. The predicted octanol–water partition coefficient (Wildman–Crippen LogP) is 2.98. The van der Waals surface area contributed by atoms with Crippen LogP contribution in [0, 0.1) is 19.8 Å². The lowest BCUT2D eigenvalue weighted by atomic mass is 10.0. The third kappa shape index (κ3) is 3.14. The molecule has 18 heavy (non-hydrogen) atoms. The van der Waals surface area contributed by atoms with Gasteiger partial charge in [0.2, 0.25) is 0 Å². The van der Waals surface area contributed by atoms with Crippen molar-refractivity contribution in [3.8, 4) is 0 Å². The van der Waals surface area contributed by atoms with Gasteiger partial charge < -0.3 is 10.4 Å². The summed E-state index contributed by atoms with van der Waals surface area (Å²) in [4.78, 5) is 0. The molecule has 0 unspecified atom stereocenters. The molecule has 0 aliphatic heterocycles. The van der Waals surface area contributed by atoms with E-state index in [2.05, 4.69) is 31.3 Å². The average Bonchev–Trinajstić information content (AvgIpc) is 2.75. The standard InChI is InChI=1S/C15H20ClNO/c1-10-5-13(16)6-11(2)15(10)8-17-14-4-3-12(7-14)9-18/h3-6,12,14,17-18H,7-9H2,1-2H3/t12-,14+/m0/s1. The van der Waals surface area contributed by atoms with Gasteiger partial charge in [0.25, 0.3) is 0 Å². The molecule has 2 N–H and O–H groups in total. The van der Waals surface area contributed by atoms with Crippen molar-refractivity contribution in [1.82, 2.24) is 5.32 Å². The second-order valence-electron chi connectivity index (χ2n) is 5.07. The summed E-state index contributed by atoms with van der Waals surface area (Å²) in [6.45, 7) is 5.28. The van der Waals surface area contributed by atoms with Gasteiger partial charge in [-0.15, -0.1) is 0 Å². The average molecular weight is 266 g/mol. The smallest absolute Gasteiger partial charge is 0.0494 e. The highest BCUT2D eigenvalue weighted by Crippen LogP contribution is 2.21. The monoisotopic (exact) mass is 265 g/mol. The Morgan fingerprint density at radius 1 is 1.28 bits per heavy atom. The van der Waals surface area contributed by atoms with E-state index in [1.54, 1.807) is 0 Å². The molecule has 1 aliphatic rings. The molecule has 0 radical (unpaired) electrons. The number of rotatable bonds is 4. The number of hydrogen-bond acceptors (Lipinski definition) is 2. The second kappa shape index (κ2) is 5.87. The lowest BCUT2D eigenvalue weighted by Gasteiger charge is -2.16. The molecule has 0 heterocycles. The van der Waals surface area contributed by atoms with E-state index in [0.717, 1.165) is 18.0 Å². The predicted molar refractivity (Wildman–Crippen MR) is 75.9 cm³/mol. The molecule has 2 rings (SSSR count). The third-order valence-corrected chi connectivity index (χ3v) is 3.83. The van der Waals surface area contributed by atoms with Gasteiger partial charge in [-0.25, -0.2) is 0 Å². The molecule has 0 spiro atoms. The van der Waals surface area contributed by atoms with Crippen LogP contribution in [0.1, 0.15) is 23.1 Å². The Bertz CT molecular complexity index is 433. The molecule has 3 heteroatoms. The van der Waals surface area contributed by atoms with Crippen LogP contribution >= 0.6 is 11.6 Å². The molecule has 2 atom stereocenters. The fraction of sp³-hybridized carbons (Fsp3) is 0.467. The van der Waals surface area contributed by atoms with Crippen LogP contribution in [0.3, 0.4) is 0 Å². The van der Waals surface area contributed by atoms with E-state index >= 15 is 0 Å². The van der Waals surface area contributed by atoms with Gasteiger partial charge in [-0.3, -0.25) is 0 Å². The van der Waals surface area contributed by atoms with Crippen LogP contribution in [-0.4, -0.2) is 17.8 Å². The summed E-state index contributed by atoms with van der Waals surface area (Å²) in [6, 6.07) is 4.38. The first-order chi connectivity index (χ1) is 8.60. The van der Waals surface area contributed by atoms with Crippen molar-refractivity contribution in [2.24, 2.45) is 5.92 Å². The number of nitrogens with one attached hydrogen (secondary N) is 1. The highest BCUT2D eigenvalue weighted by atomic mass is 35.5. The quantitative estimate of drug-likeness (QED) is 0.821. The number of aliphatic hydroxyl groups is 1. The Morgan fingerprint density at radius 3 is 2.50 bits per heavy atom. The minimum absolute atomic E-state index is 0.244. The van der Waals surface area contributed by atoms with Crippen LogP contribution in [0.15, 0.2) is 24.3 Å². The lowest BCUT2D eigenvalue weighted by molar-refractivity contribution is 0.246. The van der Waals surface area contributed by atoms with Crippen LogP contribution in [0.4, 0.5) is 0 Å². The Hall–Kier alpha value is -0.830. The van der Waals surface area contributed by atoms with Crippen molar-refractivity contribution in [2.45, 2.75) is 32.9 Å². The van der Waals surface area contributed by atoms with Crippen molar-refractivity contribution < 1.29 is 5.11 Å². The van der Waals surface area contributed by atoms with E-state index in [0.29, 0.717) is 12.0 Å². The molecule has 0 saturated carbocycles. The lowest BCUT2D eigenvalue weighted by Crippen LogP contribution is -2.26. The molecule has 2 nitrogen and oxygen atoms in total. The zero-order chi connectivity index (χ0) is 13.1. The highest BCUT2D eigenvalue weighted by molar-refractivity contribution is 6.30. The Kier molecular flexibility index (Phi) is 4.44. The number of halogens is 1. The molecule has 0 saturated heterocycles. The summed E-state index contributed by atoms with van der Waals surface area (Å²) in [5.41, 5.74) is 3.78. The van der Waals surface area contributed by atoms with Crippen LogP contribution in [0.5, 0.6) is 0 Å². The van der Waals surface area contributed by atoms with Crippen molar-refractivity contribution in [3.63, 3.8) is 0 Å². The van der Waals surface area contributed by atoms with Gasteiger partial charge in [0, 0.05) is 30.1 Å². The number of benzene rings is 1. The van der Waals surface area contributed by atoms with E-state index in [-0.39, 0.29) is 6.61 Å². The Labute approximate surface area is 114 Å². The van der Waals surface area contributed by atoms with Crippen molar-refractivity contribution in [1.29, 1.82) is 0 Å². The summed E-state index contributed by atoms with van der Waals surface area (Å²) in [5, 5.41) is 13.4. The van der Waals surface area contributed by atoms with Crippen molar-refractivity contribution in [2.75, 3.05) is 6.61 Å². The molecular formula is C15H20ClNO. The zero-order valence-electron chi connectivity index (χ0n) is 10.9. The maximum absolute atomic E-state index is 9.09. The fourth-order valence-electron chi connectivity index (χ4n) is 2.51. The van der Waals surface area contributed by atoms with E-state index in [4.69, 9.17) is 16.7 Å². The maximum Gasteiger partial charge on any atom is 0.0494 e. The van der Waals surface area contributed by atoms with E-state index < -0.39 is 0 Å². The minimum atomic E-state index is 0.244. The minimum Gasteiger partial charge on any atom is -0.396 e. The first-order valence-corrected chi connectivity index (χ1v) is 6.76. The topological polar surface area (TPSA) is 32.3 Å². The summed E-state index contributed by atoms with van der Waals surface area (Å²) in [7, 11) is 0. The second-order valence-corrected chi connectivity index (χ2v) is 5.51. The Morgan fingerprint density at radius 2 is 1.94 bits per heavy atom. The number of hydrogen-bond donors (Lipinski definition) is 2. The van der Waals surface area contributed by atoms with Gasteiger partial charge in [0.15, 0.2) is 0 Å². The van der Waals surface area contributed by atoms with E-state index in [9.17, 15) is 0 Å². The van der Waals surface area contributed by atoms with Gasteiger partial charge in [-0.1, -0.05) is 23.8 Å². The first kappa shape index (κ1) is 13.6. The van der Waals surface area contributed by atoms with Gasteiger partial charge in [0.1, 0.15) is 0 Å². The van der Waals surface area contributed by atoms with Crippen LogP contribution in [-0.2, 0) is 6.54 Å². The molecule has 1 aliphatic carbocycles. The summed E-state index contributed by atoms with van der Waals surface area (Å²) in [5.74, 6) is 0.315. The van der Waals surface area contributed by atoms with Crippen LogP contribution < -0.4 is 5.32 Å². The highest BCUT2D eigenvalue weighted by Gasteiger charge is 2.17. The van der Waals surface area contributed by atoms with Gasteiger partial charge in [0.05, 0.1) is 0 Å². The molecule has 1 aromatic carbocycles. The van der Waals surface area contributed by atoms with Crippen LogP contribution in [0.25, 0.3) is 0 Å². The zero-order valence-corrected chi connectivity index (χ0v) is 11.7. The van der Waals surface area contributed by atoms with Crippen LogP contribution in [0.2, 0.25) is 5.02 Å². The number of aryl methyl sites for hydroxylation is 2. The normalized spacial score (nSPS) is 22.7. The van der Waals surface area contributed by atoms with Gasteiger partial charge in [-0.2, -0.15) is 0 Å².